The molecule has 0 spiro atoms. The molecule has 0 amide bonds. The van der Waals surface area contributed by atoms with E-state index in [0.29, 0.717) is 29.3 Å². The van der Waals surface area contributed by atoms with Gasteiger partial charge in [0.2, 0.25) is 0 Å². The van der Waals surface area contributed by atoms with Crippen molar-refractivity contribution in [1.82, 2.24) is 14.7 Å². The van der Waals surface area contributed by atoms with Crippen molar-refractivity contribution in [3.05, 3.63) is 35.1 Å². The first-order valence-corrected chi connectivity index (χ1v) is 10.9. The molecule has 4 heterocycles. The standard InChI is InChI=1S/C21H25ClN6O/c22-18-5-13(7-23)19(25-14-8-24-27(9-14)15-1-2-15)6-20(18)26-10-16-3-4-21(26)28(16)17-11-29-12-17/h5-9,15-17,21,23,25H,1-4,10-12H2. The van der Waals surface area contributed by atoms with Crippen molar-refractivity contribution >= 4 is 34.9 Å². The number of benzene rings is 1. The number of halogens is 1. The van der Waals surface area contributed by atoms with E-state index in [-0.39, 0.29) is 0 Å². The van der Waals surface area contributed by atoms with E-state index in [4.69, 9.17) is 21.7 Å². The highest BCUT2D eigenvalue weighted by Gasteiger charge is 2.49. The van der Waals surface area contributed by atoms with E-state index in [9.17, 15) is 0 Å². The van der Waals surface area contributed by atoms with Crippen molar-refractivity contribution in [2.75, 3.05) is 30.0 Å². The molecule has 4 aliphatic rings. The van der Waals surface area contributed by atoms with E-state index in [1.807, 2.05) is 16.9 Å². The number of anilines is 3. The van der Waals surface area contributed by atoms with Crippen LogP contribution in [0.25, 0.3) is 0 Å². The van der Waals surface area contributed by atoms with Gasteiger partial charge in [-0.25, -0.2) is 0 Å². The predicted octanol–water partition coefficient (Wildman–Crippen LogP) is 3.62. The zero-order valence-corrected chi connectivity index (χ0v) is 17.0. The van der Waals surface area contributed by atoms with E-state index >= 15 is 0 Å². The summed E-state index contributed by atoms with van der Waals surface area (Å²) in [4.78, 5) is 5.08. The van der Waals surface area contributed by atoms with Crippen molar-refractivity contribution in [3.63, 3.8) is 0 Å². The molecule has 8 heteroatoms. The largest absolute Gasteiger partial charge is 0.378 e. The van der Waals surface area contributed by atoms with Crippen LogP contribution in [0.1, 0.15) is 37.3 Å². The number of hydrogen-bond donors (Lipinski definition) is 2. The van der Waals surface area contributed by atoms with E-state index in [1.165, 1.54) is 31.9 Å². The van der Waals surface area contributed by atoms with Gasteiger partial charge in [-0.05, 0) is 37.8 Å². The molecule has 1 saturated carbocycles. The monoisotopic (exact) mass is 412 g/mol. The Balaban J connectivity index is 1.30. The molecule has 4 fully saturated rings. The third-order valence-electron chi connectivity index (χ3n) is 6.72. The van der Waals surface area contributed by atoms with Gasteiger partial charge in [0.1, 0.15) is 0 Å². The van der Waals surface area contributed by atoms with Gasteiger partial charge in [-0.3, -0.25) is 9.58 Å². The Kier molecular flexibility index (Phi) is 4.11. The quantitative estimate of drug-likeness (QED) is 0.709. The lowest BCUT2D eigenvalue weighted by molar-refractivity contribution is -0.0706. The van der Waals surface area contributed by atoms with Crippen LogP contribution in [0.15, 0.2) is 24.5 Å². The van der Waals surface area contributed by atoms with Crippen LogP contribution < -0.4 is 10.2 Å². The molecule has 2 aromatic rings. The van der Waals surface area contributed by atoms with Gasteiger partial charge >= 0.3 is 0 Å². The van der Waals surface area contributed by atoms with Gasteiger partial charge in [0.15, 0.2) is 0 Å². The molecule has 29 heavy (non-hydrogen) atoms. The molecule has 152 valence electrons. The first-order chi connectivity index (χ1) is 14.2. The summed E-state index contributed by atoms with van der Waals surface area (Å²) < 4.78 is 7.48. The third-order valence-corrected chi connectivity index (χ3v) is 7.02. The normalized spacial score (nSPS) is 26.7. The minimum atomic E-state index is 0.391. The van der Waals surface area contributed by atoms with E-state index in [1.54, 1.807) is 0 Å². The third kappa shape index (κ3) is 2.95. The van der Waals surface area contributed by atoms with Gasteiger partial charge in [-0.15, -0.1) is 0 Å². The van der Waals surface area contributed by atoms with Gasteiger partial charge < -0.3 is 20.4 Å². The molecule has 3 aliphatic heterocycles. The van der Waals surface area contributed by atoms with Crippen LogP contribution in [0.3, 0.4) is 0 Å². The molecule has 2 atom stereocenters. The second kappa shape index (κ2) is 6.72. The fraction of sp³-hybridized carbons (Fsp3) is 0.524. The molecular formula is C21H25ClN6O. The van der Waals surface area contributed by atoms with E-state index < -0.39 is 0 Å². The van der Waals surface area contributed by atoms with Crippen molar-refractivity contribution in [2.24, 2.45) is 0 Å². The summed E-state index contributed by atoms with van der Waals surface area (Å²) in [6.07, 6.45) is 10.5. The average molecular weight is 413 g/mol. The highest BCUT2D eigenvalue weighted by molar-refractivity contribution is 6.33. The summed E-state index contributed by atoms with van der Waals surface area (Å²) in [6.45, 7) is 2.70. The second-order valence-corrected chi connectivity index (χ2v) is 9.01. The minimum Gasteiger partial charge on any atom is -0.378 e. The Morgan fingerprint density at radius 2 is 1.97 bits per heavy atom. The van der Waals surface area contributed by atoms with Gasteiger partial charge in [0.25, 0.3) is 0 Å². The maximum atomic E-state index is 7.83. The van der Waals surface area contributed by atoms with Crippen LogP contribution in [0, 0.1) is 5.41 Å². The summed E-state index contributed by atoms with van der Waals surface area (Å²) >= 11 is 6.70. The Hall–Kier alpha value is -2.09. The van der Waals surface area contributed by atoms with Crippen LogP contribution in [-0.4, -0.2) is 58.9 Å². The molecular weight excluding hydrogens is 388 g/mol. The smallest absolute Gasteiger partial charge is 0.0829 e. The van der Waals surface area contributed by atoms with Crippen LogP contribution >= 0.6 is 11.6 Å². The lowest BCUT2D eigenvalue weighted by Crippen LogP contribution is -2.52. The molecule has 2 N–H and O–H groups in total. The zero-order chi connectivity index (χ0) is 19.5. The predicted molar refractivity (Wildman–Crippen MR) is 114 cm³/mol. The Morgan fingerprint density at radius 1 is 1.14 bits per heavy atom. The summed E-state index contributed by atoms with van der Waals surface area (Å²) in [5, 5.41) is 16.5. The van der Waals surface area contributed by atoms with E-state index in [0.717, 1.165) is 42.4 Å². The van der Waals surface area contributed by atoms with Crippen LogP contribution in [-0.2, 0) is 4.74 Å². The number of hydrogen-bond acceptors (Lipinski definition) is 6. The molecule has 6 rings (SSSR count). The van der Waals surface area contributed by atoms with Crippen molar-refractivity contribution < 1.29 is 4.74 Å². The second-order valence-electron chi connectivity index (χ2n) is 8.60. The number of aromatic nitrogens is 2. The van der Waals surface area contributed by atoms with Crippen molar-refractivity contribution in [3.8, 4) is 0 Å². The number of ether oxygens (including phenoxy) is 1. The first-order valence-electron chi connectivity index (χ1n) is 10.5. The maximum Gasteiger partial charge on any atom is 0.0829 e. The molecule has 1 aliphatic carbocycles. The van der Waals surface area contributed by atoms with Crippen molar-refractivity contribution in [2.45, 2.75) is 50.0 Å². The highest BCUT2D eigenvalue weighted by atomic mass is 35.5. The number of fused-ring (bicyclic) bond motifs is 2. The lowest BCUT2D eigenvalue weighted by atomic mass is 10.1. The van der Waals surface area contributed by atoms with Crippen LogP contribution in [0.4, 0.5) is 17.1 Å². The number of nitrogens with zero attached hydrogens (tertiary/aromatic N) is 4. The Morgan fingerprint density at radius 3 is 2.69 bits per heavy atom. The maximum absolute atomic E-state index is 7.83. The molecule has 7 nitrogen and oxygen atoms in total. The SMILES string of the molecule is N=Cc1cc(Cl)c(N2CC3CCC2N3C2COC2)cc1Nc1cnn(C2CC2)c1. The molecule has 0 radical (unpaired) electrons. The number of piperidine rings is 1. The van der Waals surface area contributed by atoms with E-state index in [2.05, 4.69) is 32.5 Å². The Bertz CT molecular complexity index is 953. The van der Waals surface area contributed by atoms with Gasteiger partial charge in [-0.1, -0.05) is 11.6 Å². The number of rotatable bonds is 6. The fourth-order valence-electron chi connectivity index (χ4n) is 5.05. The Labute approximate surface area is 175 Å². The summed E-state index contributed by atoms with van der Waals surface area (Å²) in [6, 6.07) is 5.69. The zero-order valence-electron chi connectivity index (χ0n) is 16.2. The van der Waals surface area contributed by atoms with Crippen LogP contribution in [0.2, 0.25) is 5.02 Å². The minimum absolute atomic E-state index is 0.391. The van der Waals surface area contributed by atoms with Gasteiger partial charge in [0, 0.05) is 36.2 Å². The van der Waals surface area contributed by atoms with Gasteiger partial charge in [-0.2, -0.15) is 5.10 Å². The number of nitrogens with one attached hydrogen (secondary N) is 2. The first kappa shape index (κ1) is 17.7. The lowest BCUT2D eigenvalue weighted by Gasteiger charge is -2.38. The van der Waals surface area contributed by atoms with Crippen molar-refractivity contribution in [1.29, 1.82) is 5.41 Å². The topological polar surface area (TPSA) is 69.4 Å². The fourth-order valence-corrected chi connectivity index (χ4v) is 5.33. The molecule has 1 aromatic carbocycles. The summed E-state index contributed by atoms with van der Waals surface area (Å²) in [5.74, 6) is 0. The molecule has 1 aromatic heterocycles. The van der Waals surface area contributed by atoms with Crippen LogP contribution in [0.5, 0.6) is 0 Å². The molecule has 3 saturated heterocycles. The van der Waals surface area contributed by atoms with Gasteiger partial charge in [0.05, 0.1) is 54.1 Å². The summed E-state index contributed by atoms with van der Waals surface area (Å²) in [7, 11) is 0. The highest BCUT2D eigenvalue weighted by Crippen LogP contribution is 2.44. The molecule has 2 bridgehead atoms. The average Bonchev–Trinajstić information content (AvgIpc) is 3.19. The molecule has 2 unspecified atom stereocenters. The summed E-state index contributed by atoms with van der Waals surface area (Å²) in [5.41, 5.74) is 3.68.